The van der Waals surface area contributed by atoms with Crippen LogP contribution in [0.3, 0.4) is 0 Å². The van der Waals surface area contributed by atoms with E-state index >= 15 is 0 Å². The van der Waals surface area contributed by atoms with Crippen LogP contribution >= 0.6 is 0 Å². The minimum absolute atomic E-state index is 0.0573. The van der Waals surface area contributed by atoms with Crippen molar-refractivity contribution in [2.24, 2.45) is 0 Å². The molecule has 0 radical (unpaired) electrons. The van der Waals surface area contributed by atoms with E-state index in [2.05, 4.69) is 65.6 Å². The van der Waals surface area contributed by atoms with E-state index in [1.54, 1.807) is 12.3 Å². The van der Waals surface area contributed by atoms with Gasteiger partial charge < -0.3 is 14.7 Å². The summed E-state index contributed by atoms with van der Waals surface area (Å²) >= 11 is 0. The summed E-state index contributed by atoms with van der Waals surface area (Å²) in [5.74, 6) is -0.149. The molecule has 1 aliphatic rings. The first kappa shape index (κ1) is 20.1. The molecule has 3 heterocycles. The van der Waals surface area contributed by atoms with Crippen molar-refractivity contribution in [2.45, 2.75) is 13.0 Å². The third-order valence-electron chi connectivity index (χ3n) is 5.08. The zero-order valence-corrected chi connectivity index (χ0v) is 16.8. The Labute approximate surface area is 175 Å². The number of rotatable bonds is 8. The van der Waals surface area contributed by atoms with Crippen molar-refractivity contribution < 1.29 is 9.32 Å². The molecule has 0 bridgehead atoms. The SMILES string of the molecule is O=C(NCCCN1CCN(Cc2ccccc2)CC1)c1nc(-c2ccncn2)no1. The third-order valence-corrected chi connectivity index (χ3v) is 5.08. The highest BCUT2D eigenvalue weighted by atomic mass is 16.5. The van der Waals surface area contributed by atoms with Crippen molar-refractivity contribution in [2.75, 3.05) is 39.3 Å². The summed E-state index contributed by atoms with van der Waals surface area (Å²) in [5, 5.41) is 6.64. The minimum atomic E-state index is -0.365. The van der Waals surface area contributed by atoms with Gasteiger partial charge in [0.15, 0.2) is 0 Å². The topological polar surface area (TPSA) is 100 Å². The first-order valence-electron chi connectivity index (χ1n) is 10.1. The van der Waals surface area contributed by atoms with Gasteiger partial charge in [-0.05, 0) is 24.6 Å². The van der Waals surface area contributed by atoms with Crippen LogP contribution in [0.15, 0.2) is 53.4 Å². The maximum Gasteiger partial charge on any atom is 0.316 e. The molecule has 1 saturated heterocycles. The Morgan fingerprint density at radius 3 is 2.63 bits per heavy atom. The summed E-state index contributed by atoms with van der Waals surface area (Å²) < 4.78 is 5.04. The molecular formula is C21H25N7O2. The Kier molecular flexibility index (Phi) is 6.73. The molecule has 0 spiro atoms. The van der Waals surface area contributed by atoms with Crippen LogP contribution in [0, 0.1) is 0 Å². The van der Waals surface area contributed by atoms with Gasteiger partial charge in [-0.25, -0.2) is 9.97 Å². The molecule has 30 heavy (non-hydrogen) atoms. The number of carbonyl (C=O) groups is 1. The van der Waals surface area contributed by atoms with Crippen molar-refractivity contribution in [1.82, 2.24) is 35.2 Å². The molecule has 2 aromatic heterocycles. The molecule has 4 rings (SSSR count). The van der Waals surface area contributed by atoms with Crippen LogP contribution in [0.25, 0.3) is 11.5 Å². The third kappa shape index (κ3) is 5.46. The number of nitrogens with zero attached hydrogens (tertiary/aromatic N) is 6. The fourth-order valence-electron chi connectivity index (χ4n) is 3.44. The average molecular weight is 407 g/mol. The number of hydrogen-bond acceptors (Lipinski definition) is 8. The van der Waals surface area contributed by atoms with Crippen LogP contribution in [-0.4, -0.2) is 75.1 Å². The Bertz CT molecular complexity index is 925. The van der Waals surface area contributed by atoms with E-state index in [0.717, 1.165) is 45.7 Å². The molecule has 1 aliphatic heterocycles. The summed E-state index contributed by atoms with van der Waals surface area (Å²) in [6, 6.07) is 12.2. The molecule has 1 fully saturated rings. The van der Waals surface area contributed by atoms with Crippen molar-refractivity contribution in [3.63, 3.8) is 0 Å². The molecule has 156 valence electrons. The van der Waals surface area contributed by atoms with Gasteiger partial charge in [0, 0.05) is 45.5 Å². The van der Waals surface area contributed by atoms with Crippen LogP contribution < -0.4 is 5.32 Å². The molecule has 0 unspecified atom stereocenters. The van der Waals surface area contributed by atoms with Crippen LogP contribution in [0.1, 0.15) is 22.7 Å². The minimum Gasteiger partial charge on any atom is -0.348 e. The summed E-state index contributed by atoms with van der Waals surface area (Å²) in [6.45, 7) is 6.75. The van der Waals surface area contributed by atoms with E-state index in [1.165, 1.54) is 11.9 Å². The first-order valence-corrected chi connectivity index (χ1v) is 10.1. The predicted molar refractivity (Wildman–Crippen MR) is 110 cm³/mol. The average Bonchev–Trinajstić information content (AvgIpc) is 3.30. The molecule has 9 heteroatoms. The van der Waals surface area contributed by atoms with E-state index < -0.39 is 0 Å². The lowest BCUT2D eigenvalue weighted by molar-refractivity contribution is 0.0904. The highest BCUT2D eigenvalue weighted by Gasteiger charge is 2.18. The van der Waals surface area contributed by atoms with Gasteiger partial charge in [-0.1, -0.05) is 35.5 Å². The van der Waals surface area contributed by atoms with Crippen molar-refractivity contribution in [3.05, 3.63) is 60.4 Å². The standard InChI is InChI=1S/C21H25N7O2/c29-20(21-25-19(26-30-21)18-7-9-22-16-24-18)23-8-4-10-27-11-13-28(14-12-27)15-17-5-2-1-3-6-17/h1-3,5-7,9,16H,4,8,10-15H2,(H,23,29). The largest absolute Gasteiger partial charge is 0.348 e. The molecular weight excluding hydrogens is 382 g/mol. The van der Waals surface area contributed by atoms with Gasteiger partial charge in [0.2, 0.25) is 5.82 Å². The van der Waals surface area contributed by atoms with Gasteiger partial charge in [-0.2, -0.15) is 4.98 Å². The molecule has 3 aromatic rings. The Hall–Kier alpha value is -3.17. The van der Waals surface area contributed by atoms with E-state index in [4.69, 9.17) is 4.52 Å². The summed E-state index contributed by atoms with van der Waals surface area (Å²) in [7, 11) is 0. The van der Waals surface area contributed by atoms with Gasteiger partial charge in [-0.15, -0.1) is 0 Å². The number of benzene rings is 1. The highest BCUT2D eigenvalue weighted by molar-refractivity contribution is 5.89. The number of aromatic nitrogens is 4. The molecule has 9 nitrogen and oxygen atoms in total. The van der Waals surface area contributed by atoms with Gasteiger partial charge >= 0.3 is 11.8 Å². The number of nitrogens with one attached hydrogen (secondary N) is 1. The highest BCUT2D eigenvalue weighted by Crippen LogP contribution is 2.11. The Morgan fingerprint density at radius 2 is 1.87 bits per heavy atom. The number of carbonyl (C=O) groups excluding carboxylic acids is 1. The summed E-state index contributed by atoms with van der Waals surface area (Å²) in [6.07, 6.45) is 3.85. The van der Waals surface area contributed by atoms with Gasteiger partial charge in [0.1, 0.15) is 12.0 Å². The second-order valence-electron chi connectivity index (χ2n) is 7.23. The fourth-order valence-corrected chi connectivity index (χ4v) is 3.44. The zero-order chi connectivity index (χ0) is 20.6. The fraction of sp³-hybridized carbons (Fsp3) is 0.381. The van der Waals surface area contributed by atoms with Crippen LogP contribution in [0.2, 0.25) is 0 Å². The molecule has 1 N–H and O–H groups in total. The zero-order valence-electron chi connectivity index (χ0n) is 16.8. The molecule has 0 aliphatic carbocycles. The lowest BCUT2D eigenvalue weighted by Crippen LogP contribution is -2.46. The predicted octanol–water partition coefficient (Wildman–Crippen LogP) is 1.46. The number of amides is 1. The molecule has 0 atom stereocenters. The van der Waals surface area contributed by atoms with E-state index in [-0.39, 0.29) is 17.6 Å². The van der Waals surface area contributed by atoms with Crippen molar-refractivity contribution in [3.8, 4) is 11.5 Å². The van der Waals surface area contributed by atoms with Crippen molar-refractivity contribution in [1.29, 1.82) is 0 Å². The monoisotopic (exact) mass is 407 g/mol. The number of piperazine rings is 1. The second kappa shape index (κ2) is 10.0. The van der Waals surface area contributed by atoms with Crippen LogP contribution in [0.5, 0.6) is 0 Å². The lowest BCUT2D eigenvalue weighted by atomic mass is 10.2. The maximum absolute atomic E-state index is 12.2. The van der Waals surface area contributed by atoms with E-state index in [1.807, 2.05) is 0 Å². The maximum atomic E-state index is 12.2. The summed E-state index contributed by atoms with van der Waals surface area (Å²) in [5.41, 5.74) is 1.87. The van der Waals surface area contributed by atoms with Crippen LogP contribution in [-0.2, 0) is 6.54 Å². The lowest BCUT2D eigenvalue weighted by Gasteiger charge is -2.34. The molecule has 0 saturated carbocycles. The Morgan fingerprint density at radius 1 is 1.07 bits per heavy atom. The first-order chi connectivity index (χ1) is 14.8. The molecule has 1 aromatic carbocycles. The smallest absolute Gasteiger partial charge is 0.316 e. The number of hydrogen-bond donors (Lipinski definition) is 1. The van der Waals surface area contributed by atoms with Gasteiger partial charge in [0.25, 0.3) is 0 Å². The van der Waals surface area contributed by atoms with Crippen LogP contribution in [0.4, 0.5) is 0 Å². The second-order valence-corrected chi connectivity index (χ2v) is 7.23. The van der Waals surface area contributed by atoms with E-state index in [0.29, 0.717) is 12.2 Å². The van der Waals surface area contributed by atoms with Gasteiger partial charge in [0.05, 0.1) is 0 Å². The Balaban J connectivity index is 1.14. The van der Waals surface area contributed by atoms with E-state index in [9.17, 15) is 4.79 Å². The molecule has 1 amide bonds. The van der Waals surface area contributed by atoms with Crippen molar-refractivity contribution >= 4 is 5.91 Å². The quantitative estimate of drug-likeness (QED) is 0.560. The van der Waals surface area contributed by atoms with Gasteiger partial charge in [-0.3, -0.25) is 9.69 Å². The normalized spacial score (nSPS) is 15.2. The summed E-state index contributed by atoms with van der Waals surface area (Å²) in [4.78, 5) is 29.1.